The van der Waals surface area contributed by atoms with E-state index < -0.39 is 35.2 Å². The van der Waals surface area contributed by atoms with Crippen molar-refractivity contribution in [2.75, 3.05) is 6.54 Å². The summed E-state index contributed by atoms with van der Waals surface area (Å²) in [5.41, 5.74) is 1.81. The summed E-state index contributed by atoms with van der Waals surface area (Å²) in [7, 11) is 0. The standard InChI is InChI=1S/C33H49N3O5/c1-10-12-20-34-29(38)28(27-22(3)14-13-15-23(27)4)36(33(8,9)11-2)30(39)26(35-31(40)41-32(5,6)7)21-24-16-18-25(37)19-17-24/h13-19,26,28,37H,10-12,20-21H2,1-9H3,(H,34,38)(H,35,40). The van der Waals surface area contributed by atoms with Gasteiger partial charge in [0.2, 0.25) is 11.8 Å². The number of unbranched alkanes of at least 4 members (excludes halogenated alkanes) is 1. The average Bonchev–Trinajstić information content (AvgIpc) is 2.87. The van der Waals surface area contributed by atoms with Gasteiger partial charge in [0.1, 0.15) is 23.4 Å². The molecule has 0 radical (unpaired) electrons. The maximum Gasteiger partial charge on any atom is 0.408 e. The lowest BCUT2D eigenvalue weighted by molar-refractivity contribution is -0.149. The molecular formula is C33H49N3O5. The number of aryl methyl sites for hydroxylation is 2. The number of alkyl carbamates (subject to hydrolysis) is 1. The van der Waals surface area contributed by atoms with Gasteiger partial charge >= 0.3 is 6.09 Å². The van der Waals surface area contributed by atoms with Crippen molar-refractivity contribution >= 4 is 17.9 Å². The first-order chi connectivity index (χ1) is 19.1. The molecule has 3 N–H and O–H groups in total. The number of carbonyl (C=O) groups is 3. The lowest BCUT2D eigenvalue weighted by Crippen LogP contribution is -2.60. The van der Waals surface area contributed by atoms with Gasteiger partial charge in [0.25, 0.3) is 0 Å². The Morgan fingerprint density at radius 2 is 1.54 bits per heavy atom. The van der Waals surface area contributed by atoms with E-state index in [0.29, 0.717) is 13.0 Å². The molecule has 226 valence electrons. The molecule has 0 aliphatic rings. The van der Waals surface area contributed by atoms with E-state index in [1.807, 2.05) is 52.8 Å². The summed E-state index contributed by atoms with van der Waals surface area (Å²) in [6, 6.07) is 10.4. The molecule has 0 aliphatic carbocycles. The van der Waals surface area contributed by atoms with E-state index in [9.17, 15) is 19.5 Å². The van der Waals surface area contributed by atoms with Crippen molar-refractivity contribution in [2.45, 2.75) is 111 Å². The molecule has 0 heterocycles. The lowest BCUT2D eigenvalue weighted by Gasteiger charge is -2.45. The number of nitrogens with one attached hydrogen (secondary N) is 2. The summed E-state index contributed by atoms with van der Waals surface area (Å²) in [5, 5.41) is 15.6. The number of carbonyl (C=O) groups excluding carboxylic acids is 3. The van der Waals surface area contributed by atoms with Gasteiger partial charge in [-0.2, -0.15) is 0 Å². The van der Waals surface area contributed by atoms with Gasteiger partial charge in [-0.1, -0.05) is 50.6 Å². The smallest absolute Gasteiger partial charge is 0.408 e. The highest BCUT2D eigenvalue weighted by Crippen LogP contribution is 2.35. The molecule has 2 aromatic carbocycles. The van der Waals surface area contributed by atoms with E-state index >= 15 is 0 Å². The normalized spacial score (nSPS) is 13.2. The number of amides is 3. The van der Waals surface area contributed by atoms with Crippen LogP contribution in [0.2, 0.25) is 0 Å². The predicted octanol–water partition coefficient (Wildman–Crippen LogP) is 6.12. The minimum absolute atomic E-state index is 0.101. The number of hydrogen-bond acceptors (Lipinski definition) is 5. The molecule has 0 saturated carbocycles. The highest BCUT2D eigenvalue weighted by atomic mass is 16.6. The Hall–Kier alpha value is -3.55. The van der Waals surface area contributed by atoms with Gasteiger partial charge in [0, 0.05) is 18.5 Å². The quantitative estimate of drug-likeness (QED) is 0.268. The fraction of sp³-hybridized carbons (Fsp3) is 0.545. The molecule has 0 aliphatic heterocycles. The molecule has 0 saturated heterocycles. The van der Waals surface area contributed by atoms with Crippen molar-refractivity contribution in [3.05, 3.63) is 64.7 Å². The van der Waals surface area contributed by atoms with Crippen molar-refractivity contribution in [1.29, 1.82) is 0 Å². The van der Waals surface area contributed by atoms with Gasteiger partial charge in [-0.3, -0.25) is 9.59 Å². The van der Waals surface area contributed by atoms with Crippen LogP contribution in [0.25, 0.3) is 0 Å². The highest BCUT2D eigenvalue weighted by Gasteiger charge is 2.44. The van der Waals surface area contributed by atoms with Crippen molar-refractivity contribution < 1.29 is 24.2 Å². The molecule has 8 heteroatoms. The topological polar surface area (TPSA) is 108 Å². The molecule has 0 spiro atoms. The van der Waals surface area contributed by atoms with Crippen LogP contribution in [0.1, 0.15) is 96.0 Å². The first-order valence-corrected chi connectivity index (χ1v) is 14.6. The van der Waals surface area contributed by atoms with Crippen molar-refractivity contribution in [3.63, 3.8) is 0 Å². The number of phenolic OH excluding ortho intramolecular Hbond substituents is 1. The summed E-state index contributed by atoms with van der Waals surface area (Å²) in [6.07, 6.45) is 1.73. The van der Waals surface area contributed by atoms with Gasteiger partial charge in [-0.15, -0.1) is 0 Å². The number of hydrogen-bond donors (Lipinski definition) is 3. The molecule has 2 aromatic rings. The zero-order valence-corrected chi connectivity index (χ0v) is 26.3. The summed E-state index contributed by atoms with van der Waals surface area (Å²) in [6.45, 7) is 17.6. The van der Waals surface area contributed by atoms with Crippen LogP contribution in [0.4, 0.5) is 4.79 Å². The van der Waals surface area contributed by atoms with Crippen molar-refractivity contribution in [2.24, 2.45) is 0 Å². The summed E-state index contributed by atoms with van der Waals surface area (Å²) in [4.78, 5) is 43.4. The Bertz CT molecular complexity index is 1160. The Kier molecular flexibility index (Phi) is 11.8. The monoisotopic (exact) mass is 567 g/mol. The summed E-state index contributed by atoms with van der Waals surface area (Å²) < 4.78 is 5.52. The van der Waals surface area contributed by atoms with Crippen LogP contribution < -0.4 is 10.6 Å². The maximum absolute atomic E-state index is 14.7. The fourth-order valence-corrected chi connectivity index (χ4v) is 4.75. The molecule has 2 atom stereocenters. The zero-order chi connectivity index (χ0) is 31.0. The second-order valence-electron chi connectivity index (χ2n) is 12.3. The number of ether oxygens (including phenoxy) is 1. The molecule has 0 fully saturated rings. The molecular weight excluding hydrogens is 518 g/mol. The third-order valence-corrected chi connectivity index (χ3v) is 7.27. The first-order valence-electron chi connectivity index (χ1n) is 14.6. The first kappa shape index (κ1) is 33.7. The van der Waals surface area contributed by atoms with Crippen LogP contribution >= 0.6 is 0 Å². The maximum atomic E-state index is 14.7. The van der Waals surface area contributed by atoms with E-state index in [-0.39, 0.29) is 18.1 Å². The van der Waals surface area contributed by atoms with Gasteiger partial charge in [-0.25, -0.2) is 4.79 Å². The molecule has 3 amide bonds. The molecule has 41 heavy (non-hydrogen) atoms. The van der Waals surface area contributed by atoms with Crippen LogP contribution in [-0.2, 0) is 20.7 Å². The number of benzene rings is 2. The van der Waals surface area contributed by atoms with Crippen LogP contribution in [0, 0.1) is 13.8 Å². The van der Waals surface area contributed by atoms with E-state index in [1.54, 1.807) is 49.9 Å². The average molecular weight is 568 g/mol. The van der Waals surface area contributed by atoms with Crippen LogP contribution in [0.3, 0.4) is 0 Å². The van der Waals surface area contributed by atoms with E-state index in [0.717, 1.165) is 35.1 Å². The Morgan fingerprint density at radius 1 is 0.951 bits per heavy atom. The Morgan fingerprint density at radius 3 is 2.05 bits per heavy atom. The number of phenols is 1. The van der Waals surface area contributed by atoms with E-state index in [2.05, 4.69) is 17.6 Å². The second-order valence-corrected chi connectivity index (χ2v) is 12.3. The minimum atomic E-state index is -1.03. The second kappa shape index (κ2) is 14.4. The zero-order valence-electron chi connectivity index (χ0n) is 26.3. The van der Waals surface area contributed by atoms with E-state index in [4.69, 9.17) is 4.74 Å². The van der Waals surface area contributed by atoms with Crippen LogP contribution in [0.15, 0.2) is 42.5 Å². The minimum Gasteiger partial charge on any atom is -0.508 e. The SMILES string of the molecule is CCCCNC(=O)C(c1c(C)cccc1C)N(C(=O)C(Cc1ccc(O)cc1)NC(=O)OC(C)(C)C)C(C)(C)CC. The summed E-state index contributed by atoms with van der Waals surface area (Å²) in [5.74, 6) is -0.551. The largest absolute Gasteiger partial charge is 0.508 e. The van der Waals surface area contributed by atoms with Crippen LogP contribution in [-0.4, -0.2) is 51.6 Å². The third-order valence-electron chi connectivity index (χ3n) is 7.27. The lowest BCUT2D eigenvalue weighted by atomic mass is 9.88. The fourth-order valence-electron chi connectivity index (χ4n) is 4.75. The van der Waals surface area contributed by atoms with Crippen molar-refractivity contribution in [3.8, 4) is 5.75 Å². The van der Waals surface area contributed by atoms with E-state index in [1.165, 1.54) is 0 Å². The molecule has 0 bridgehead atoms. The number of nitrogens with zero attached hydrogens (tertiary/aromatic N) is 1. The van der Waals surface area contributed by atoms with Gasteiger partial charge < -0.3 is 25.4 Å². The predicted molar refractivity (Wildman–Crippen MR) is 163 cm³/mol. The molecule has 2 unspecified atom stereocenters. The number of aromatic hydroxyl groups is 1. The number of rotatable bonds is 12. The molecule has 2 rings (SSSR count). The van der Waals surface area contributed by atoms with Gasteiger partial charge in [0.15, 0.2) is 0 Å². The van der Waals surface area contributed by atoms with Crippen LogP contribution in [0.5, 0.6) is 5.75 Å². The third kappa shape index (κ3) is 9.51. The molecule has 8 nitrogen and oxygen atoms in total. The molecule has 0 aromatic heterocycles. The Labute approximate surface area is 245 Å². The van der Waals surface area contributed by atoms with Gasteiger partial charge in [0.05, 0.1) is 0 Å². The Balaban J connectivity index is 2.70. The van der Waals surface area contributed by atoms with Crippen molar-refractivity contribution in [1.82, 2.24) is 15.5 Å². The highest BCUT2D eigenvalue weighted by molar-refractivity contribution is 5.93. The van der Waals surface area contributed by atoms with Gasteiger partial charge in [-0.05, 0) is 95.7 Å². The summed E-state index contributed by atoms with van der Waals surface area (Å²) >= 11 is 0.